The molecule has 8 heteroatoms. The van der Waals surface area contributed by atoms with Crippen LogP contribution in [-0.4, -0.2) is 43.0 Å². The molecule has 156 valence electrons. The Balaban J connectivity index is 0.00000300. The normalized spacial score (nSPS) is 11.0. The number of hydrogen-bond donors (Lipinski definition) is 0. The molecule has 29 heavy (non-hydrogen) atoms. The average molecular weight is 473 g/mol. The molecule has 0 aliphatic carbocycles. The van der Waals surface area contributed by atoms with E-state index in [1.165, 1.54) is 11.3 Å². The second kappa shape index (κ2) is 10.6. The van der Waals surface area contributed by atoms with Gasteiger partial charge in [0.2, 0.25) is 5.91 Å². The third kappa shape index (κ3) is 5.83. The first-order valence-corrected chi connectivity index (χ1v) is 10.7. The molecular formula is C21H24Cl3N3OS. The number of carbonyl (C=O) groups is 1. The predicted octanol–water partition coefficient (Wildman–Crippen LogP) is 5.86. The van der Waals surface area contributed by atoms with E-state index in [2.05, 4.69) is 4.90 Å². The number of thiazole rings is 1. The highest BCUT2D eigenvalue weighted by molar-refractivity contribution is 7.22. The van der Waals surface area contributed by atoms with Crippen molar-refractivity contribution in [3.63, 3.8) is 0 Å². The molecule has 0 bridgehead atoms. The Morgan fingerprint density at radius 2 is 1.79 bits per heavy atom. The molecule has 4 nitrogen and oxygen atoms in total. The number of hydrogen-bond acceptors (Lipinski definition) is 4. The number of carbonyl (C=O) groups excluding carboxylic acids is 1. The van der Waals surface area contributed by atoms with Crippen LogP contribution < -0.4 is 4.90 Å². The Morgan fingerprint density at radius 3 is 2.48 bits per heavy atom. The summed E-state index contributed by atoms with van der Waals surface area (Å²) in [5.74, 6) is -0.00494. The van der Waals surface area contributed by atoms with Gasteiger partial charge in [0.15, 0.2) is 5.13 Å². The number of aryl methyl sites for hydroxylation is 1. The molecule has 1 aromatic heterocycles. The van der Waals surface area contributed by atoms with Crippen LogP contribution in [0.25, 0.3) is 10.2 Å². The van der Waals surface area contributed by atoms with E-state index < -0.39 is 0 Å². The highest BCUT2D eigenvalue weighted by Crippen LogP contribution is 2.34. The standard InChI is InChI=1S/C21H23Cl2N3OS.ClH/c1-14-16(22)9-10-18-20(14)24-21(28-18)26(12-6-11-25(2)3)19(27)13-15-7-4-5-8-17(15)23;/h4-5,7-10H,6,11-13H2,1-3H3;1H. The van der Waals surface area contributed by atoms with Gasteiger partial charge >= 0.3 is 0 Å². The number of benzene rings is 2. The quantitative estimate of drug-likeness (QED) is 0.432. The highest BCUT2D eigenvalue weighted by Gasteiger charge is 2.21. The fraction of sp³-hybridized carbons (Fsp3) is 0.333. The fourth-order valence-electron chi connectivity index (χ4n) is 2.98. The van der Waals surface area contributed by atoms with Gasteiger partial charge in [-0.1, -0.05) is 52.7 Å². The van der Waals surface area contributed by atoms with Crippen molar-refractivity contribution >= 4 is 68.2 Å². The van der Waals surface area contributed by atoms with E-state index in [1.54, 1.807) is 4.90 Å². The van der Waals surface area contributed by atoms with Gasteiger partial charge in [-0.2, -0.15) is 0 Å². The van der Waals surface area contributed by atoms with E-state index in [1.807, 2.05) is 57.4 Å². The highest BCUT2D eigenvalue weighted by atomic mass is 35.5. The Hall–Kier alpha value is -1.37. The number of nitrogens with zero attached hydrogens (tertiary/aromatic N) is 3. The zero-order chi connectivity index (χ0) is 20.3. The Labute approximate surface area is 191 Å². The number of halogens is 3. The van der Waals surface area contributed by atoms with Crippen LogP contribution in [0.2, 0.25) is 10.0 Å². The van der Waals surface area contributed by atoms with E-state index >= 15 is 0 Å². The Morgan fingerprint density at radius 1 is 1.07 bits per heavy atom. The molecule has 0 saturated carbocycles. The molecule has 0 N–H and O–H groups in total. The van der Waals surface area contributed by atoms with Crippen molar-refractivity contribution in [3.8, 4) is 0 Å². The molecule has 0 aliphatic heterocycles. The second-order valence-electron chi connectivity index (χ2n) is 6.99. The number of fused-ring (bicyclic) bond motifs is 1. The van der Waals surface area contributed by atoms with Crippen molar-refractivity contribution in [2.45, 2.75) is 19.8 Å². The van der Waals surface area contributed by atoms with Crippen molar-refractivity contribution in [1.29, 1.82) is 0 Å². The summed E-state index contributed by atoms with van der Waals surface area (Å²) in [6.45, 7) is 3.45. The maximum Gasteiger partial charge on any atom is 0.233 e. The van der Waals surface area contributed by atoms with Gasteiger partial charge in [0, 0.05) is 16.6 Å². The zero-order valence-corrected chi connectivity index (χ0v) is 19.8. The second-order valence-corrected chi connectivity index (χ2v) is 8.81. The molecule has 3 aromatic rings. The van der Waals surface area contributed by atoms with Crippen LogP contribution in [0.15, 0.2) is 36.4 Å². The topological polar surface area (TPSA) is 36.4 Å². The van der Waals surface area contributed by atoms with Gasteiger partial charge in [0.1, 0.15) is 0 Å². The summed E-state index contributed by atoms with van der Waals surface area (Å²) < 4.78 is 1.03. The van der Waals surface area contributed by atoms with E-state index in [9.17, 15) is 4.79 Å². The number of aromatic nitrogens is 1. The average Bonchev–Trinajstić information content (AvgIpc) is 3.08. The lowest BCUT2D eigenvalue weighted by Gasteiger charge is -2.21. The minimum atomic E-state index is -0.00494. The van der Waals surface area contributed by atoms with E-state index in [4.69, 9.17) is 28.2 Å². The molecule has 0 atom stereocenters. The molecule has 0 aliphatic rings. The van der Waals surface area contributed by atoms with Crippen LogP contribution in [0.4, 0.5) is 5.13 Å². The molecule has 0 unspecified atom stereocenters. The van der Waals surface area contributed by atoms with Crippen molar-refractivity contribution < 1.29 is 4.79 Å². The maximum absolute atomic E-state index is 13.2. The van der Waals surface area contributed by atoms with Gasteiger partial charge in [-0.3, -0.25) is 9.69 Å². The molecule has 0 spiro atoms. The van der Waals surface area contributed by atoms with Gasteiger partial charge in [-0.15, -0.1) is 12.4 Å². The Kier molecular flexibility index (Phi) is 8.73. The largest absolute Gasteiger partial charge is 0.309 e. The van der Waals surface area contributed by atoms with Crippen molar-refractivity contribution in [2.24, 2.45) is 0 Å². The number of amides is 1. The summed E-state index contributed by atoms with van der Waals surface area (Å²) in [6.07, 6.45) is 1.11. The summed E-state index contributed by atoms with van der Waals surface area (Å²) >= 11 is 14.0. The van der Waals surface area contributed by atoms with Crippen molar-refractivity contribution in [2.75, 3.05) is 32.1 Å². The van der Waals surface area contributed by atoms with E-state index in [0.717, 1.165) is 34.3 Å². The third-order valence-electron chi connectivity index (χ3n) is 4.56. The summed E-state index contributed by atoms with van der Waals surface area (Å²) in [4.78, 5) is 21.8. The van der Waals surface area contributed by atoms with Gasteiger partial charge in [0.25, 0.3) is 0 Å². The summed E-state index contributed by atoms with van der Waals surface area (Å²) in [5, 5.41) is 2.00. The third-order valence-corrected chi connectivity index (χ3v) is 6.38. The minimum absolute atomic E-state index is 0. The predicted molar refractivity (Wildman–Crippen MR) is 127 cm³/mol. The van der Waals surface area contributed by atoms with Crippen LogP contribution in [0.3, 0.4) is 0 Å². The summed E-state index contributed by atoms with van der Waals surface area (Å²) in [5.41, 5.74) is 2.62. The molecule has 0 fully saturated rings. The maximum atomic E-state index is 13.2. The fourth-order valence-corrected chi connectivity index (χ4v) is 4.40. The molecule has 0 saturated heterocycles. The number of rotatable bonds is 7. The van der Waals surface area contributed by atoms with Crippen molar-refractivity contribution in [1.82, 2.24) is 9.88 Å². The first kappa shape index (κ1) is 23.9. The first-order chi connectivity index (χ1) is 13.4. The van der Waals surface area contributed by atoms with Gasteiger partial charge < -0.3 is 4.90 Å². The van der Waals surface area contributed by atoms with Crippen LogP contribution in [0.5, 0.6) is 0 Å². The lowest BCUT2D eigenvalue weighted by atomic mass is 10.1. The first-order valence-electron chi connectivity index (χ1n) is 9.11. The monoisotopic (exact) mass is 471 g/mol. The van der Waals surface area contributed by atoms with Crippen molar-refractivity contribution in [3.05, 3.63) is 57.6 Å². The molecule has 2 aromatic carbocycles. The molecule has 1 heterocycles. The SMILES string of the molecule is Cc1c(Cl)ccc2sc(N(CCCN(C)C)C(=O)Cc3ccccc3Cl)nc12.Cl. The van der Waals surface area contributed by atoms with Crippen LogP contribution in [-0.2, 0) is 11.2 Å². The smallest absolute Gasteiger partial charge is 0.233 e. The van der Waals surface area contributed by atoms with Gasteiger partial charge in [0.05, 0.1) is 16.6 Å². The Bertz CT molecular complexity index is 990. The zero-order valence-electron chi connectivity index (χ0n) is 16.6. The van der Waals surface area contributed by atoms with Crippen LogP contribution in [0, 0.1) is 6.92 Å². The lowest BCUT2D eigenvalue weighted by Crippen LogP contribution is -2.34. The summed E-state index contributed by atoms with van der Waals surface area (Å²) in [6, 6.07) is 11.3. The lowest BCUT2D eigenvalue weighted by molar-refractivity contribution is -0.118. The van der Waals surface area contributed by atoms with Gasteiger partial charge in [-0.05, 0) is 63.3 Å². The number of anilines is 1. The van der Waals surface area contributed by atoms with Gasteiger partial charge in [-0.25, -0.2) is 4.98 Å². The summed E-state index contributed by atoms with van der Waals surface area (Å²) in [7, 11) is 4.05. The van der Waals surface area contributed by atoms with E-state index in [-0.39, 0.29) is 24.7 Å². The van der Waals surface area contributed by atoms with Crippen LogP contribution in [0.1, 0.15) is 17.5 Å². The molecule has 1 amide bonds. The molecular weight excluding hydrogens is 449 g/mol. The molecule has 3 rings (SSSR count). The minimum Gasteiger partial charge on any atom is -0.309 e. The van der Waals surface area contributed by atoms with E-state index in [0.29, 0.717) is 21.7 Å². The molecule has 0 radical (unpaired) electrons. The van der Waals surface area contributed by atoms with Crippen LogP contribution >= 0.6 is 46.9 Å².